The van der Waals surface area contributed by atoms with E-state index < -0.39 is 0 Å². The summed E-state index contributed by atoms with van der Waals surface area (Å²) in [6.45, 7) is 13.2. The molecule has 3 aromatic rings. The molecule has 0 radical (unpaired) electrons. The molecule has 1 aliphatic rings. The number of aldehydes is 1. The number of hydrogen-bond acceptors (Lipinski definition) is 5. The first-order valence-electron chi connectivity index (χ1n) is 15.5. The Morgan fingerprint density at radius 2 is 1.62 bits per heavy atom. The van der Waals surface area contributed by atoms with Crippen LogP contribution in [0.15, 0.2) is 83.8 Å². The van der Waals surface area contributed by atoms with Crippen molar-refractivity contribution in [3.63, 3.8) is 0 Å². The summed E-state index contributed by atoms with van der Waals surface area (Å²) in [5.74, 6) is 0. The Morgan fingerprint density at radius 1 is 1.00 bits per heavy atom. The molecule has 4 rings (SSSR count). The van der Waals surface area contributed by atoms with E-state index in [1.165, 1.54) is 48.4 Å². The summed E-state index contributed by atoms with van der Waals surface area (Å²) in [7, 11) is 4.31. The van der Waals surface area contributed by atoms with Crippen molar-refractivity contribution in [1.29, 1.82) is 0 Å². The summed E-state index contributed by atoms with van der Waals surface area (Å²) < 4.78 is 2.41. The van der Waals surface area contributed by atoms with Gasteiger partial charge in [-0.05, 0) is 119 Å². The Hall–Kier alpha value is -2.15. The van der Waals surface area contributed by atoms with Crippen molar-refractivity contribution in [2.24, 2.45) is 0 Å². The molecule has 0 spiro atoms. The molecule has 0 amide bonds. The third-order valence-electron chi connectivity index (χ3n) is 8.06. The van der Waals surface area contributed by atoms with Gasteiger partial charge in [-0.1, -0.05) is 87.0 Å². The molecule has 1 N–H and O–H groups in total. The number of carbonyl (C=O) groups is 1. The molecule has 1 saturated heterocycles. The van der Waals surface area contributed by atoms with Gasteiger partial charge in [0.1, 0.15) is 6.29 Å². The van der Waals surface area contributed by atoms with Gasteiger partial charge >= 0.3 is 0 Å². The Balaban J connectivity index is 0.000000473. The van der Waals surface area contributed by atoms with Crippen LogP contribution in [0.5, 0.6) is 0 Å². The molecule has 1 unspecified atom stereocenters. The number of likely N-dealkylation sites (tertiary alicyclic amines) is 1. The second-order valence-corrected chi connectivity index (χ2v) is 12.5. The van der Waals surface area contributed by atoms with Gasteiger partial charge in [-0.25, -0.2) is 4.31 Å². The van der Waals surface area contributed by atoms with Gasteiger partial charge in [0.15, 0.2) is 0 Å². The number of rotatable bonds is 12. The molecule has 0 saturated carbocycles. The smallest absolute Gasteiger partial charge is 0.124 e. The van der Waals surface area contributed by atoms with Gasteiger partial charge in [0.05, 0.1) is 0 Å². The summed E-state index contributed by atoms with van der Waals surface area (Å²) in [5, 5.41) is 4.24. The maximum Gasteiger partial charge on any atom is 0.124 e. The number of nitrogens with zero attached hydrogens (tertiary/aromatic N) is 2. The SMILES string of the molecule is CC.CCC(CCN1CCC(NC)CC1)(CN(C)Sc1ccc(Cl)cc1)c1ccccc1C.O=CCc1ccccc1. The Morgan fingerprint density at radius 3 is 2.19 bits per heavy atom. The first kappa shape index (κ1) is 36.0. The maximum atomic E-state index is 9.97. The van der Waals surface area contributed by atoms with E-state index in [1.54, 1.807) is 0 Å². The Kier molecular flexibility index (Phi) is 17.1. The fourth-order valence-electron chi connectivity index (χ4n) is 5.61. The van der Waals surface area contributed by atoms with Gasteiger partial charge < -0.3 is 15.0 Å². The van der Waals surface area contributed by atoms with E-state index >= 15 is 0 Å². The number of carbonyl (C=O) groups excluding carboxylic acids is 1. The third-order valence-corrected chi connectivity index (χ3v) is 9.23. The van der Waals surface area contributed by atoms with Crippen LogP contribution in [0.3, 0.4) is 0 Å². The lowest BCUT2D eigenvalue weighted by Crippen LogP contribution is -2.44. The predicted octanol–water partition coefficient (Wildman–Crippen LogP) is 8.46. The molecule has 0 bridgehead atoms. The standard InChI is InChI=1S/C26H38ClN3S.C8H8O.C2H6/c1-5-26(25-9-7-6-8-21(25)2,16-19-30-17-14-23(28-3)15-18-30)20-29(4)31-24-12-10-22(27)11-13-24;9-7-6-8-4-2-1-3-5-8;1-2/h6-13,23,28H,5,14-20H2,1-4H3;1-5,7H,6H2;1-2H3. The number of aryl methyl sites for hydroxylation is 1. The normalized spacial score (nSPS) is 15.1. The lowest BCUT2D eigenvalue weighted by Gasteiger charge is -2.40. The molecule has 6 heteroatoms. The fraction of sp³-hybridized carbons (Fsp3) is 0.472. The summed E-state index contributed by atoms with van der Waals surface area (Å²) in [6, 6.07) is 27.5. The van der Waals surface area contributed by atoms with E-state index in [1.807, 2.05) is 68.3 Å². The molecule has 42 heavy (non-hydrogen) atoms. The number of piperidine rings is 1. The molecule has 0 aliphatic carbocycles. The second kappa shape index (κ2) is 19.9. The fourth-order valence-corrected chi connectivity index (χ4v) is 6.66. The highest BCUT2D eigenvalue weighted by atomic mass is 35.5. The number of nitrogens with one attached hydrogen (secondary N) is 1. The van der Waals surface area contributed by atoms with Gasteiger partial charge in [0.25, 0.3) is 0 Å². The van der Waals surface area contributed by atoms with E-state index in [9.17, 15) is 4.79 Å². The first-order chi connectivity index (χ1) is 20.4. The molecular weight excluding hydrogens is 558 g/mol. The van der Waals surface area contributed by atoms with Crippen molar-refractivity contribution in [2.75, 3.05) is 40.3 Å². The zero-order valence-corrected chi connectivity index (χ0v) is 28.2. The highest BCUT2D eigenvalue weighted by Crippen LogP contribution is 2.37. The van der Waals surface area contributed by atoms with Gasteiger partial charge in [-0.2, -0.15) is 0 Å². The first-order valence-corrected chi connectivity index (χ1v) is 16.6. The number of benzene rings is 3. The van der Waals surface area contributed by atoms with Crippen LogP contribution in [0, 0.1) is 6.92 Å². The molecule has 1 aliphatic heterocycles. The lowest BCUT2D eigenvalue weighted by atomic mass is 9.73. The quantitative estimate of drug-likeness (QED) is 0.165. The van der Waals surface area contributed by atoms with E-state index in [-0.39, 0.29) is 5.41 Å². The lowest BCUT2D eigenvalue weighted by molar-refractivity contribution is -0.107. The summed E-state index contributed by atoms with van der Waals surface area (Å²) in [4.78, 5) is 13.9. The topological polar surface area (TPSA) is 35.6 Å². The van der Waals surface area contributed by atoms with Crippen LogP contribution < -0.4 is 5.32 Å². The van der Waals surface area contributed by atoms with E-state index in [0.29, 0.717) is 12.5 Å². The number of likely N-dealkylation sites (N-methyl/N-ethyl adjacent to an activating group) is 1. The zero-order chi connectivity index (χ0) is 30.8. The van der Waals surface area contributed by atoms with E-state index in [0.717, 1.165) is 36.4 Å². The molecular formula is C36H52ClN3OS. The Labute approximate surface area is 265 Å². The largest absolute Gasteiger partial charge is 0.317 e. The minimum atomic E-state index is 0.138. The Bertz CT molecular complexity index is 1140. The molecule has 1 atom stereocenters. The summed E-state index contributed by atoms with van der Waals surface area (Å²) in [6.07, 6.45) is 6.27. The van der Waals surface area contributed by atoms with Gasteiger partial charge in [-0.15, -0.1) is 0 Å². The van der Waals surface area contributed by atoms with Crippen LogP contribution in [-0.4, -0.2) is 61.8 Å². The molecule has 3 aromatic carbocycles. The summed E-state index contributed by atoms with van der Waals surface area (Å²) in [5.41, 5.74) is 4.13. The van der Waals surface area contributed by atoms with Crippen molar-refractivity contribution in [3.05, 3.63) is 101 Å². The zero-order valence-electron chi connectivity index (χ0n) is 26.6. The van der Waals surface area contributed by atoms with Crippen LogP contribution in [0.4, 0.5) is 0 Å². The van der Waals surface area contributed by atoms with Crippen LogP contribution in [0.1, 0.15) is 63.1 Å². The van der Waals surface area contributed by atoms with Crippen LogP contribution >= 0.6 is 23.5 Å². The van der Waals surface area contributed by atoms with Crippen molar-refractivity contribution in [1.82, 2.24) is 14.5 Å². The molecule has 4 nitrogen and oxygen atoms in total. The molecule has 1 fully saturated rings. The molecule has 0 aromatic heterocycles. The average molecular weight is 610 g/mol. The highest BCUT2D eigenvalue weighted by molar-refractivity contribution is 7.97. The predicted molar refractivity (Wildman–Crippen MR) is 184 cm³/mol. The minimum absolute atomic E-state index is 0.138. The second-order valence-electron chi connectivity index (χ2n) is 10.8. The van der Waals surface area contributed by atoms with Crippen molar-refractivity contribution < 1.29 is 4.79 Å². The molecule has 1 heterocycles. The number of halogens is 1. The number of hydrogen-bond donors (Lipinski definition) is 1. The van der Waals surface area contributed by atoms with Crippen molar-refractivity contribution >= 4 is 29.8 Å². The maximum absolute atomic E-state index is 9.97. The third kappa shape index (κ3) is 11.9. The van der Waals surface area contributed by atoms with Crippen LogP contribution in [0.2, 0.25) is 5.02 Å². The van der Waals surface area contributed by atoms with Gasteiger partial charge in [0.2, 0.25) is 0 Å². The molecule has 230 valence electrons. The highest BCUT2D eigenvalue weighted by Gasteiger charge is 2.34. The van der Waals surface area contributed by atoms with Crippen LogP contribution in [0.25, 0.3) is 0 Å². The summed E-state index contributed by atoms with van der Waals surface area (Å²) >= 11 is 7.89. The van der Waals surface area contributed by atoms with Gasteiger partial charge in [0, 0.05) is 34.3 Å². The van der Waals surface area contributed by atoms with Crippen LogP contribution in [-0.2, 0) is 16.6 Å². The monoisotopic (exact) mass is 609 g/mol. The van der Waals surface area contributed by atoms with Crippen molar-refractivity contribution in [2.45, 2.75) is 76.2 Å². The minimum Gasteiger partial charge on any atom is -0.317 e. The average Bonchev–Trinajstić information content (AvgIpc) is 3.03. The van der Waals surface area contributed by atoms with E-state index in [4.69, 9.17) is 11.6 Å². The van der Waals surface area contributed by atoms with Gasteiger partial charge in [-0.3, -0.25) is 0 Å². The van der Waals surface area contributed by atoms with E-state index in [2.05, 4.69) is 78.9 Å². The van der Waals surface area contributed by atoms with Crippen molar-refractivity contribution in [3.8, 4) is 0 Å².